The summed E-state index contributed by atoms with van der Waals surface area (Å²) in [6.07, 6.45) is 23.2. The maximum atomic E-state index is 10.3. The largest absolute Gasteiger partial charge is 0.411 e. The fourth-order valence-corrected chi connectivity index (χ4v) is 8.63. The van der Waals surface area contributed by atoms with E-state index < -0.39 is 0 Å². The van der Waals surface area contributed by atoms with Gasteiger partial charge >= 0.3 is 0 Å². The van der Waals surface area contributed by atoms with Crippen LogP contribution in [-0.4, -0.2) is 83.1 Å². The Morgan fingerprint density at radius 3 is 1.22 bits per heavy atom. The smallest absolute Gasteiger partial charge is 0.108 e. The summed E-state index contributed by atoms with van der Waals surface area (Å²) in [4.78, 5) is 9.96. The number of hydrogen-bond donors (Lipinski definition) is 8. The van der Waals surface area contributed by atoms with Crippen molar-refractivity contribution in [3.63, 3.8) is 0 Å². The first-order valence-corrected chi connectivity index (χ1v) is 20.6. The summed E-state index contributed by atoms with van der Waals surface area (Å²) in [5.41, 5.74) is 23.5. The van der Waals surface area contributed by atoms with Crippen molar-refractivity contribution in [2.45, 2.75) is 178 Å². The molecule has 0 amide bonds. The van der Waals surface area contributed by atoms with Crippen molar-refractivity contribution >= 4 is 23.0 Å². The SMILES string of the molecule is C/C(=N\O)C1(NCCC(CCN)CCNC2(/C(C)=N/O)CCCCC2)CCCCC1.CC(N=O)C1(Cl)CCCCC1.NCCC(CCN)CCN. The van der Waals surface area contributed by atoms with Gasteiger partial charge in [-0.1, -0.05) is 73.3 Å². The summed E-state index contributed by atoms with van der Waals surface area (Å²) in [7, 11) is 0. The van der Waals surface area contributed by atoms with Crippen molar-refractivity contribution in [2.75, 3.05) is 39.3 Å². The Morgan fingerprint density at radius 1 is 0.608 bits per heavy atom. The standard InChI is InChI=1S/C23H45N5O2.C8H14ClNO.C7H19N3/c1-19(27-29)22(12-5-3-6-13-22)25-17-10-21(9-16-24)11-18-26-23(20(2)28-30)14-7-4-8-15-23;1-7(10-11)8(9)5-3-2-4-6-8;8-4-1-7(2-5-9)3-6-10/h21,25-26,29-30H,3-18,24H2,1-2H3;7H,2-6H2,1H3;7H,1-6,8-10H2/b27-19+,28-20+;;. The topological polar surface area (TPSA) is 223 Å². The fourth-order valence-electron chi connectivity index (χ4n) is 8.33. The molecule has 0 heterocycles. The zero-order chi connectivity index (χ0) is 38.0. The maximum absolute atomic E-state index is 10.3. The van der Waals surface area contributed by atoms with E-state index in [1.165, 1.54) is 44.9 Å². The molecule has 0 saturated heterocycles. The van der Waals surface area contributed by atoms with E-state index in [-0.39, 0.29) is 22.0 Å². The Balaban J connectivity index is 0.000000503. The lowest BCUT2D eigenvalue weighted by molar-refractivity contribution is 0.262. The number of nitroso groups, excluding NO2 is 1. The molecule has 3 rings (SSSR count). The van der Waals surface area contributed by atoms with E-state index in [0.717, 1.165) is 134 Å². The van der Waals surface area contributed by atoms with Crippen LogP contribution in [0.15, 0.2) is 15.5 Å². The van der Waals surface area contributed by atoms with E-state index >= 15 is 0 Å². The van der Waals surface area contributed by atoms with Gasteiger partial charge in [-0.3, -0.25) is 0 Å². The Kier molecular flexibility index (Phi) is 25.4. The Labute approximate surface area is 315 Å². The van der Waals surface area contributed by atoms with Crippen molar-refractivity contribution in [3.8, 4) is 0 Å². The minimum atomic E-state index is -0.319. The molecule has 0 aliphatic heterocycles. The van der Waals surface area contributed by atoms with Crippen LogP contribution >= 0.6 is 11.6 Å². The summed E-state index contributed by atoms with van der Waals surface area (Å²) in [6.45, 7) is 10.5. The number of alkyl halides is 1. The lowest BCUT2D eigenvalue weighted by atomic mass is 9.78. The van der Waals surface area contributed by atoms with Crippen molar-refractivity contribution in [3.05, 3.63) is 4.91 Å². The number of nitrogens with zero attached hydrogens (tertiary/aromatic N) is 3. The van der Waals surface area contributed by atoms with Crippen molar-refractivity contribution in [1.82, 2.24) is 10.6 Å². The lowest BCUT2D eigenvalue weighted by Crippen LogP contribution is -2.53. The molecular weight excluding hydrogens is 666 g/mol. The van der Waals surface area contributed by atoms with Crippen LogP contribution in [0.3, 0.4) is 0 Å². The third-order valence-electron chi connectivity index (χ3n) is 12.0. The highest BCUT2D eigenvalue weighted by Gasteiger charge is 2.37. The van der Waals surface area contributed by atoms with Gasteiger partial charge in [-0.05, 0) is 149 Å². The average Bonchev–Trinajstić information content (AvgIpc) is 3.15. The summed E-state index contributed by atoms with van der Waals surface area (Å²) < 4.78 is 0. The first-order valence-electron chi connectivity index (χ1n) is 20.3. The quantitative estimate of drug-likeness (QED) is 0.0217. The van der Waals surface area contributed by atoms with Crippen LogP contribution in [0.25, 0.3) is 0 Å². The summed E-state index contributed by atoms with van der Waals surface area (Å²) in [5.74, 6) is 1.20. The molecule has 3 aliphatic carbocycles. The molecule has 1 atom stereocenters. The Bertz CT molecular complexity index is 893. The Morgan fingerprint density at radius 2 is 0.922 bits per heavy atom. The highest BCUT2D eigenvalue weighted by Crippen LogP contribution is 2.38. The molecule has 12 nitrogen and oxygen atoms in total. The molecule has 0 radical (unpaired) electrons. The predicted octanol–water partition coefficient (Wildman–Crippen LogP) is 6.75. The van der Waals surface area contributed by atoms with Gasteiger partial charge in [0.05, 0.1) is 27.4 Å². The zero-order valence-corrected chi connectivity index (χ0v) is 33.4. The van der Waals surface area contributed by atoms with Gasteiger partial charge in [0.1, 0.15) is 6.04 Å². The first kappa shape index (κ1) is 47.6. The number of hydrogen-bond acceptors (Lipinski definition) is 12. The van der Waals surface area contributed by atoms with E-state index in [0.29, 0.717) is 18.4 Å². The zero-order valence-electron chi connectivity index (χ0n) is 32.7. The van der Waals surface area contributed by atoms with Crippen LogP contribution in [0.2, 0.25) is 0 Å². The van der Waals surface area contributed by atoms with Gasteiger partial charge in [0.25, 0.3) is 0 Å². The molecule has 300 valence electrons. The van der Waals surface area contributed by atoms with E-state index in [2.05, 4.69) is 26.1 Å². The van der Waals surface area contributed by atoms with Gasteiger partial charge < -0.3 is 44.0 Å². The average molecular weight is 745 g/mol. The van der Waals surface area contributed by atoms with Gasteiger partial charge in [0, 0.05) is 0 Å². The van der Waals surface area contributed by atoms with Crippen LogP contribution in [0, 0.1) is 16.7 Å². The van der Waals surface area contributed by atoms with Gasteiger partial charge in [-0.2, -0.15) is 4.91 Å². The van der Waals surface area contributed by atoms with E-state index in [9.17, 15) is 15.3 Å². The number of oxime groups is 2. The van der Waals surface area contributed by atoms with Gasteiger partial charge in [0.15, 0.2) is 0 Å². The second-order valence-electron chi connectivity index (χ2n) is 15.5. The fraction of sp³-hybridized carbons (Fsp3) is 0.947. The van der Waals surface area contributed by atoms with Gasteiger partial charge in [-0.15, -0.1) is 11.6 Å². The molecule has 3 fully saturated rings. The highest BCUT2D eigenvalue weighted by molar-refractivity contribution is 6.24. The molecule has 1 unspecified atom stereocenters. The predicted molar refractivity (Wildman–Crippen MR) is 215 cm³/mol. The molecule has 0 aromatic rings. The summed E-state index contributed by atoms with van der Waals surface area (Å²) in [6, 6.07) is -0.232. The summed E-state index contributed by atoms with van der Waals surface area (Å²) >= 11 is 6.23. The summed E-state index contributed by atoms with van der Waals surface area (Å²) in [5, 5.41) is 36.3. The molecule has 0 aromatic heterocycles. The van der Waals surface area contributed by atoms with Crippen molar-refractivity contribution < 1.29 is 10.4 Å². The van der Waals surface area contributed by atoms with E-state index in [1.807, 2.05) is 20.8 Å². The second kappa shape index (κ2) is 27.2. The van der Waals surface area contributed by atoms with Crippen molar-refractivity contribution in [1.29, 1.82) is 0 Å². The number of nitrogens with two attached hydrogens (primary N) is 4. The molecule has 3 saturated carbocycles. The molecule has 0 spiro atoms. The number of halogens is 1. The van der Waals surface area contributed by atoms with Crippen LogP contribution in [-0.2, 0) is 0 Å². The Hall–Kier alpha value is -1.41. The molecule has 0 aromatic carbocycles. The lowest BCUT2D eigenvalue weighted by Gasteiger charge is -2.39. The molecule has 12 N–H and O–H groups in total. The normalized spacial score (nSPS) is 21.4. The van der Waals surface area contributed by atoms with Gasteiger partial charge in [0.2, 0.25) is 0 Å². The minimum absolute atomic E-state index is 0.140. The van der Waals surface area contributed by atoms with E-state index in [4.69, 9.17) is 34.5 Å². The molecular formula is C38H78ClN9O3. The highest BCUT2D eigenvalue weighted by atomic mass is 35.5. The third kappa shape index (κ3) is 17.1. The molecule has 51 heavy (non-hydrogen) atoms. The third-order valence-corrected chi connectivity index (χ3v) is 12.7. The van der Waals surface area contributed by atoms with Crippen LogP contribution in [0.4, 0.5) is 0 Å². The number of rotatable bonds is 20. The maximum Gasteiger partial charge on any atom is 0.108 e. The molecule has 3 aliphatic rings. The molecule has 13 heteroatoms. The van der Waals surface area contributed by atoms with Gasteiger partial charge in [-0.25, -0.2) is 0 Å². The van der Waals surface area contributed by atoms with Crippen LogP contribution in [0.5, 0.6) is 0 Å². The number of nitrogens with one attached hydrogen (secondary N) is 2. The first-order chi connectivity index (χ1) is 24.6. The van der Waals surface area contributed by atoms with E-state index in [1.54, 1.807) is 0 Å². The monoisotopic (exact) mass is 744 g/mol. The second-order valence-corrected chi connectivity index (χ2v) is 16.3. The molecule has 0 bridgehead atoms. The van der Waals surface area contributed by atoms with Crippen LogP contribution < -0.4 is 33.6 Å². The van der Waals surface area contributed by atoms with Crippen molar-refractivity contribution in [2.24, 2.45) is 50.3 Å². The minimum Gasteiger partial charge on any atom is -0.411 e. The van der Waals surface area contributed by atoms with Crippen LogP contribution in [0.1, 0.15) is 156 Å².